The van der Waals surface area contributed by atoms with Crippen molar-refractivity contribution >= 4 is 21.7 Å². The van der Waals surface area contributed by atoms with E-state index in [9.17, 15) is 18.0 Å². The van der Waals surface area contributed by atoms with Crippen molar-refractivity contribution in [1.82, 2.24) is 10.3 Å². The molecule has 1 amide bonds. The van der Waals surface area contributed by atoms with Gasteiger partial charge in [-0.3, -0.25) is 15.0 Å². The summed E-state index contributed by atoms with van der Waals surface area (Å²) in [6, 6.07) is 12.5. The highest BCUT2D eigenvalue weighted by atomic mass is 32.2. The van der Waals surface area contributed by atoms with Crippen LogP contribution in [0.5, 0.6) is 5.75 Å². The number of benzene rings is 2. The van der Waals surface area contributed by atoms with Gasteiger partial charge in [-0.2, -0.15) is 0 Å². The molecular weight excluding hydrogens is 344 g/mol. The van der Waals surface area contributed by atoms with Crippen molar-refractivity contribution in [3.8, 4) is 5.75 Å². The van der Waals surface area contributed by atoms with Gasteiger partial charge in [0.15, 0.2) is 12.4 Å². The smallest absolute Gasteiger partial charge is 0.272 e. The summed E-state index contributed by atoms with van der Waals surface area (Å²) in [5, 5.41) is 0. The lowest BCUT2D eigenvalue weighted by atomic mass is 10.2. The summed E-state index contributed by atoms with van der Waals surface area (Å²) in [6.07, 6.45) is 0. The number of amides is 1. The van der Waals surface area contributed by atoms with Gasteiger partial charge in [-0.25, -0.2) is 8.42 Å². The van der Waals surface area contributed by atoms with Crippen molar-refractivity contribution in [3.05, 3.63) is 59.7 Å². The SMILES string of the molecule is CC(=O)c1ccc(S(=O)(=O)NNC(=O)COc2ccc(C)cc2)cc1. The minimum Gasteiger partial charge on any atom is -0.484 e. The number of carbonyl (C=O) groups is 2. The van der Waals surface area contributed by atoms with Gasteiger partial charge in [-0.1, -0.05) is 29.8 Å². The van der Waals surface area contributed by atoms with E-state index in [1.165, 1.54) is 31.2 Å². The molecule has 0 heterocycles. The van der Waals surface area contributed by atoms with Crippen molar-refractivity contribution in [2.24, 2.45) is 0 Å². The summed E-state index contributed by atoms with van der Waals surface area (Å²) in [5.74, 6) is -0.314. The van der Waals surface area contributed by atoms with Gasteiger partial charge in [-0.15, -0.1) is 4.83 Å². The van der Waals surface area contributed by atoms with Gasteiger partial charge in [0.05, 0.1) is 4.90 Å². The van der Waals surface area contributed by atoms with Crippen LogP contribution in [0, 0.1) is 6.92 Å². The minimum atomic E-state index is -3.94. The Balaban J connectivity index is 1.89. The van der Waals surface area contributed by atoms with E-state index in [2.05, 4.69) is 5.43 Å². The summed E-state index contributed by atoms with van der Waals surface area (Å²) >= 11 is 0. The summed E-state index contributed by atoms with van der Waals surface area (Å²) < 4.78 is 29.4. The molecule has 7 nitrogen and oxygen atoms in total. The van der Waals surface area contributed by atoms with Crippen LogP contribution in [0.15, 0.2) is 53.4 Å². The fraction of sp³-hybridized carbons (Fsp3) is 0.176. The first-order valence-electron chi connectivity index (χ1n) is 7.39. The fourth-order valence-electron chi connectivity index (χ4n) is 1.87. The average Bonchev–Trinajstić information content (AvgIpc) is 2.59. The second kappa shape index (κ2) is 7.91. The molecule has 2 N–H and O–H groups in total. The van der Waals surface area contributed by atoms with Gasteiger partial charge < -0.3 is 4.74 Å². The largest absolute Gasteiger partial charge is 0.484 e. The van der Waals surface area contributed by atoms with Crippen LogP contribution in [0.3, 0.4) is 0 Å². The molecule has 132 valence electrons. The first kappa shape index (κ1) is 18.6. The lowest BCUT2D eigenvalue weighted by Crippen LogP contribution is -2.43. The molecular formula is C17H18N2O5S. The van der Waals surface area contributed by atoms with E-state index in [4.69, 9.17) is 4.74 Å². The molecule has 0 aromatic heterocycles. The van der Waals surface area contributed by atoms with Gasteiger partial charge in [-0.05, 0) is 38.1 Å². The van der Waals surface area contributed by atoms with Crippen LogP contribution in [-0.4, -0.2) is 26.7 Å². The van der Waals surface area contributed by atoms with Crippen LogP contribution in [-0.2, 0) is 14.8 Å². The third kappa shape index (κ3) is 5.40. The lowest BCUT2D eigenvalue weighted by molar-refractivity contribution is -0.123. The molecule has 0 aliphatic rings. The molecule has 2 rings (SSSR count). The Morgan fingerprint density at radius 3 is 2.16 bits per heavy atom. The molecule has 0 radical (unpaired) electrons. The summed E-state index contributed by atoms with van der Waals surface area (Å²) in [5.41, 5.74) is 3.53. The van der Waals surface area contributed by atoms with Crippen LogP contribution in [0.4, 0.5) is 0 Å². The van der Waals surface area contributed by atoms with Crippen LogP contribution in [0.2, 0.25) is 0 Å². The summed E-state index contributed by atoms with van der Waals surface area (Å²) in [7, 11) is -3.94. The molecule has 8 heteroatoms. The molecule has 2 aromatic rings. The Hall–Kier alpha value is -2.71. The Labute approximate surface area is 146 Å². The maximum Gasteiger partial charge on any atom is 0.272 e. The highest BCUT2D eigenvalue weighted by Gasteiger charge is 2.15. The van der Waals surface area contributed by atoms with E-state index >= 15 is 0 Å². The third-order valence-electron chi connectivity index (χ3n) is 3.29. The Morgan fingerprint density at radius 1 is 1.00 bits per heavy atom. The Kier molecular flexibility index (Phi) is 5.89. The van der Waals surface area contributed by atoms with Gasteiger partial charge in [0.25, 0.3) is 15.9 Å². The predicted octanol–water partition coefficient (Wildman–Crippen LogP) is 1.59. The van der Waals surface area contributed by atoms with E-state index in [0.29, 0.717) is 11.3 Å². The summed E-state index contributed by atoms with van der Waals surface area (Å²) in [6.45, 7) is 2.97. The fourth-order valence-corrected chi connectivity index (χ4v) is 2.73. The number of ketones is 1. The zero-order valence-corrected chi connectivity index (χ0v) is 14.6. The second-order valence-corrected chi connectivity index (χ2v) is 7.02. The van der Waals surface area contributed by atoms with Crippen LogP contribution >= 0.6 is 0 Å². The van der Waals surface area contributed by atoms with E-state index in [1.54, 1.807) is 12.1 Å². The molecule has 0 saturated heterocycles. The van der Waals surface area contributed by atoms with Crippen molar-refractivity contribution < 1.29 is 22.7 Å². The van der Waals surface area contributed by atoms with Crippen LogP contribution < -0.4 is 15.0 Å². The number of hydrogen-bond donors (Lipinski definition) is 2. The molecule has 0 saturated carbocycles. The van der Waals surface area contributed by atoms with Gasteiger partial charge >= 0.3 is 0 Å². The number of Topliss-reactive ketones (excluding diaryl/α,β-unsaturated/α-hetero) is 1. The zero-order chi connectivity index (χ0) is 18.4. The molecule has 0 atom stereocenters. The summed E-state index contributed by atoms with van der Waals surface area (Å²) in [4.78, 5) is 24.8. The molecule has 25 heavy (non-hydrogen) atoms. The molecule has 0 aliphatic carbocycles. The maximum absolute atomic E-state index is 12.1. The maximum atomic E-state index is 12.1. The van der Waals surface area contributed by atoms with Crippen molar-refractivity contribution in [2.75, 3.05) is 6.61 Å². The number of rotatable bonds is 7. The Morgan fingerprint density at radius 2 is 1.60 bits per heavy atom. The molecule has 0 aliphatic heterocycles. The number of carbonyl (C=O) groups excluding carboxylic acids is 2. The van der Waals surface area contributed by atoms with E-state index < -0.39 is 15.9 Å². The van der Waals surface area contributed by atoms with E-state index in [1.807, 2.05) is 23.9 Å². The lowest BCUT2D eigenvalue weighted by Gasteiger charge is -2.10. The van der Waals surface area contributed by atoms with Gasteiger partial charge in [0.1, 0.15) is 5.75 Å². The average molecular weight is 362 g/mol. The highest BCUT2D eigenvalue weighted by Crippen LogP contribution is 2.11. The van der Waals surface area contributed by atoms with E-state index in [0.717, 1.165) is 5.56 Å². The Bertz CT molecular complexity index is 859. The van der Waals surface area contributed by atoms with Gasteiger partial charge in [0, 0.05) is 5.56 Å². The number of ether oxygens (including phenoxy) is 1. The second-order valence-electron chi connectivity index (χ2n) is 5.34. The standard InChI is InChI=1S/C17H18N2O5S/c1-12-3-7-15(8-4-12)24-11-17(21)18-19-25(22,23)16-9-5-14(6-10-16)13(2)20/h3-10,19H,11H2,1-2H3,(H,18,21). The number of nitrogens with one attached hydrogen (secondary N) is 2. The highest BCUT2D eigenvalue weighted by molar-refractivity contribution is 7.89. The normalized spacial score (nSPS) is 11.0. The zero-order valence-electron chi connectivity index (χ0n) is 13.8. The number of hydrazine groups is 1. The molecule has 0 unspecified atom stereocenters. The topological polar surface area (TPSA) is 102 Å². The van der Waals surface area contributed by atoms with E-state index in [-0.39, 0.29) is 17.3 Å². The number of sulfonamides is 1. The van der Waals surface area contributed by atoms with Crippen LogP contribution in [0.25, 0.3) is 0 Å². The van der Waals surface area contributed by atoms with Crippen molar-refractivity contribution in [2.45, 2.75) is 18.7 Å². The predicted molar refractivity (Wildman–Crippen MR) is 91.6 cm³/mol. The van der Waals surface area contributed by atoms with Gasteiger partial charge in [0.2, 0.25) is 0 Å². The molecule has 2 aromatic carbocycles. The first-order chi connectivity index (χ1) is 11.8. The minimum absolute atomic E-state index is 0.0720. The first-order valence-corrected chi connectivity index (χ1v) is 8.87. The van der Waals surface area contributed by atoms with Crippen LogP contribution in [0.1, 0.15) is 22.8 Å². The van der Waals surface area contributed by atoms with Crippen molar-refractivity contribution in [3.63, 3.8) is 0 Å². The molecule has 0 spiro atoms. The monoisotopic (exact) mass is 362 g/mol. The third-order valence-corrected chi connectivity index (χ3v) is 4.55. The quantitative estimate of drug-likeness (QED) is 0.575. The molecule has 0 fully saturated rings. The molecule has 0 bridgehead atoms. The number of hydrogen-bond acceptors (Lipinski definition) is 5. The number of aryl methyl sites for hydroxylation is 1. The van der Waals surface area contributed by atoms with Crippen molar-refractivity contribution in [1.29, 1.82) is 0 Å².